The Bertz CT molecular complexity index is 1130. The molecule has 1 aliphatic heterocycles. The first-order chi connectivity index (χ1) is 15.5. The van der Waals surface area contributed by atoms with Crippen LogP contribution < -0.4 is 4.74 Å². The van der Waals surface area contributed by atoms with Gasteiger partial charge < -0.3 is 9.64 Å². The van der Waals surface area contributed by atoms with Crippen LogP contribution in [0.15, 0.2) is 78.9 Å². The highest BCUT2D eigenvalue weighted by Crippen LogP contribution is 2.25. The number of ether oxygens (including phenoxy) is 1. The van der Waals surface area contributed by atoms with Crippen LogP contribution >= 0.6 is 0 Å². The zero-order chi connectivity index (χ0) is 22.5. The lowest BCUT2D eigenvalue weighted by molar-refractivity contribution is 0.0655. The van der Waals surface area contributed by atoms with Crippen molar-refractivity contribution in [3.05, 3.63) is 101 Å². The third-order valence-electron chi connectivity index (χ3n) is 5.47. The van der Waals surface area contributed by atoms with Gasteiger partial charge in [-0.2, -0.15) is 0 Å². The normalized spacial score (nSPS) is 12.6. The average molecular weight is 428 g/mol. The third-order valence-corrected chi connectivity index (χ3v) is 5.47. The maximum atomic E-state index is 12.9. The molecular weight excluding hydrogens is 404 g/mol. The lowest BCUT2D eigenvalue weighted by Crippen LogP contribution is -2.32. The number of hydrogen-bond acceptors (Lipinski definition) is 4. The second kappa shape index (κ2) is 9.47. The maximum absolute atomic E-state index is 12.9. The molecule has 3 aromatic carbocycles. The molecule has 0 aromatic heterocycles. The van der Waals surface area contributed by atoms with Crippen LogP contribution in [0.3, 0.4) is 0 Å². The van der Waals surface area contributed by atoms with E-state index in [0.29, 0.717) is 37.2 Å². The molecule has 0 bridgehead atoms. The number of nitrogens with zero attached hydrogens (tertiary/aromatic N) is 2. The molecule has 0 radical (unpaired) electrons. The van der Waals surface area contributed by atoms with Crippen molar-refractivity contribution in [3.8, 4) is 5.75 Å². The quantitative estimate of drug-likeness (QED) is 0.514. The van der Waals surface area contributed by atoms with Gasteiger partial charge in [-0.05, 0) is 42.3 Å². The number of hydrogen-bond donors (Lipinski definition) is 0. The van der Waals surface area contributed by atoms with Gasteiger partial charge in [0.25, 0.3) is 17.7 Å². The van der Waals surface area contributed by atoms with Crippen LogP contribution in [-0.2, 0) is 6.42 Å². The molecule has 3 amide bonds. The van der Waals surface area contributed by atoms with E-state index in [-0.39, 0.29) is 23.3 Å². The summed E-state index contributed by atoms with van der Waals surface area (Å²) in [6.07, 6.45) is 0.586. The van der Waals surface area contributed by atoms with Gasteiger partial charge in [0.05, 0.1) is 17.7 Å². The fourth-order valence-corrected chi connectivity index (χ4v) is 3.65. The number of likely N-dealkylation sites (N-methyl/N-ethyl adjacent to an activating group) is 1. The molecule has 4 rings (SSSR count). The van der Waals surface area contributed by atoms with Crippen LogP contribution in [0, 0.1) is 0 Å². The Kier molecular flexibility index (Phi) is 6.31. The van der Waals surface area contributed by atoms with Crippen molar-refractivity contribution in [1.29, 1.82) is 0 Å². The lowest BCUT2D eigenvalue weighted by Gasteiger charge is -2.18. The van der Waals surface area contributed by atoms with Gasteiger partial charge in [-0.25, -0.2) is 0 Å². The molecule has 32 heavy (non-hydrogen) atoms. The third kappa shape index (κ3) is 4.54. The highest BCUT2D eigenvalue weighted by Gasteiger charge is 2.35. The van der Waals surface area contributed by atoms with Crippen LogP contribution in [0.1, 0.15) is 36.6 Å². The highest BCUT2D eigenvalue weighted by atomic mass is 16.5. The lowest BCUT2D eigenvalue weighted by atomic mass is 10.1. The van der Waals surface area contributed by atoms with Gasteiger partial charge in [0.1, 0.15) is 12.4 Å². The number of carbonyl (C=O) groups is 3. The van der Waals surface area contributed by atoms with E-state index in [9.17, 15) is 14.4 Å². The first-order valence-corrected chi connectivity index (χ1v) is 10.5. The van der Waals surface area contributed by atoms with Crippen molar-refractivity contribution in [2.75, 3.05) is 26.7 Å². The van der Waals surface area contributed by atoms with Crippen molar-refractivity contribution in [3.63, 3.8) is 0 Å². The van der Waals surface area contributed by atoms with Gasteiger partial charge in [0.2, 0.25) is 0 Å². The Morgan fingerprint density at radius 1 is 0.875 bits per heavy atom. The van der Waals surface area contributed by atoms with Crippen LogP contribution in [0.5, 0.6) is 5.75 Å². The fourth-order valence-electron chi connectivity index (χ4n) is 3.65. The van der Waals surface area contributed by atoms with Gasteiger partial charge in [-0.15, -0.1) is 0 Å². The van der Waals surface area contributed by atoms with Gasteiger partial charge in [0, 0.05) is 19.2 Å². The van der Waals surface area contributed by atoms with Crippen molar-refractivity contribution >= 4 is 17.7 Å². The zero-order valence-electron chi connectivity index (χ0n) is 17.9. The molecule has 0 spiro atoms. The molecule has 162 valence electrons. The Morgan fingerprint density at radius 3 is 2.25 bits per heavy atom. The first-order valence-electron chi connectivity index (χ1n) is 10.5. The Balaban J connectivity index is 1.39. The molecule has 0 N–H and O–H groups in total. The van der Waals surface area contributed by atoms with E-state index in [4.69, 9.17) is 4.74 Å². The topological polar surface area (TPSA) is 66.9 Å². The van der Waals surface area contributed by atoms with Crippen molar-refractivity contribution in [2.24, 2.45) is 0 Å². The number of amides is 3. The maximum Gasteiger partial charge on any atom is 0.261 e. The minimum atomic E-state index is -0.356. The minimum absolute atomic E-state index is 0.229. The summed E-state index contributed by atoms with van der Waals surface area (Å²) in [6.45, 7) is 1.04. The second-order valence-corrected chi connectivity index (χ2v) is 7.65. The smallest absolute Gasteiger partial charge is 0.261 e. The summed E-state index contributed by atoms with van der Waals surface area (Å²) in [6, 6.07) is 23.8. The fraction of sp³-hybridized carbons (Fsp3) is 0.192. The summed E-state index contributed by atoms with van der Waals surface area (Å²) in [5, 5.41) is 0. The van der Waals surface area contributed by atoms with Gasteiger partial charge in [-0.3, -0.25) is 19.3 Å². The van der Waals surface area contributed by atoms with Crippen LogP contribution in [0.25, 0.3) is 0 Å². The number of carbonyl (C=O) groups excluding carboxylic acids is 3. The van der Waals surface area contributed by atoms with Crippen LogP contribution in [-0.4, -0.2) is 54.3 Å². The summed E-state index contributed by atoms with van der Waals surface area (Å²) >= 11 is 0. The van der Waals surface area contributed by atoms with Gasteiger partial charge in [0.15, 0.2) is 0 Å². The van der Waals surface area contributed by atoms with Crippen LogP contribution in [0.4, 0.5) is 0 Å². The average Bonchev–Trinajstić information content (AvgIpc) is 3.07. The minimum Gasteiger partial charge on any atom is -0.492 e. The molecule has 0 aliphatic carbocycles. The molecule has 0 fully saturated rings. The first kappa shape index (κ1) is 21.3. The highest BCUT2D eigenvalue weighted by molar-refractivity contribution is 6.22. The van der Waals surface area contributed by atoms with Gasteiger partial charge in [-0.1, -0.05) is 48.5 Å². The summed E-state index contributed by atoms with van der Waals surface area (Å²) < 4.78 is 5.65. The molecule has 0 atom stereocenters. The monoisotopic (exact) mass is 428 g/mol. The summed E-state index contributed by atoms with van der Waals surface area (Å²) in [4.78, 5) is 41.2. The number of fused-ring (bicyclic) bond motifs is 1. The molecule has 0 saturated carbocycles. The molecule has 3 aromatic rings. The number of imide groups is 1. The van der Waals surface area contributed by atoms with E-state index in [0.717, 1.165) is 11.3 Å². The number of para-hydroxylation sites is 1. The van der Waals surface area contributed by atoms with E-state index < -0.39 is 0 Å². The zero-order valence-corrected chi connectivity index (χ0v) is 17.9. The van der Waals surface area contributed by atoms with E-state index in [2.05, 4.69) is 0 Å². The molecule has 1 aliphatic rings. The number of benzene rings is 3. The van der Waals surface area contributed by atoms with Crippen LogP contribution in [0.2, 0.25) is 0 Å². The summed E-state index contributed by atoms with van der Waals surface area (Å²) in [5.74, 6) is -0.159. The number of rotatable bonds is 8. The van der Waals surface area contributed by atoms with Crippen molar-refractivity contribution < 1.29 is 19.1 Å². The predicted octanol–water partition coefficient (Wildman–Crippen LogP) is 3.68. The standard InChI is InChI=1S/C26H24N2O4/c1-27(16-17-32-21-10-6-3-7-11-21)24(29)20-12-13-22-23(18-20)26(31)28(25(22)30)15-14-19-8-4-2-5-9-19/h2-13,18H,14-17H2,1H3. The summed E-state index contributed by atoms with van der Waals surface area (Å²) in [5.41, 5.74) is 2.05. The molecular formula is C26H24N2O4. The SMILES string of the molecule is CN(CCOc1ccccc1)C(=O)c1ccc2c(c1)C(=O)N(CCc1ccccc1)C2=O. The molecule has 6 heteroatoms. The van der Waals surface area contributed by atoms with Crippen molar-refractivity contribution in [1.82, 2.24) is 9.80 Å². The van der Waals surface area contributed by atoms with E-state index in [1.54, 1.807) is 24.1 Å². The summed E-state index contributed by atoms with van der Waals surface area (Å²) in [7, 11) is 1.68. The van der Waals surface area contributed by atoms with Crippen molar-refractivity contribution in [2.45, 2.75) is 6.42 Å². The Morgan fingerprint density at radius 2 is 1.53 bits per heavy atom. The second-order valence-electron chi connectivity index (χ2n) is 7.65. The van der Waals surface area contributed by atoms with E-state index in [1.807, 2.05) is 60.7 Å². The molecule has 1 heterocycles. The van der Waals surface area contributed by atoms with E-state index in [1.165, 1.54) is 11.0 Å². The molecule has 0 saturated heterocycles. The molecule has 6 nitrogen and oxygen atoms in total. The van der Waals surface area contributed by atoms with Gasteiger partial charge >= 0.3 is 0 Å². The largest absolute Gasteiger partial charge is 0.492 e. The Hall–Kier alpha value is -3.93. The molecule has 0 unspecified atom stereocenters. The Labute approximate surface area is 187 Å². The predicted molar refractivity (Wildman–Crippen MR) is 121 cm³/mol. The van der Waals surface area contributed by atoms with E-state index >= 15 is 0 Å².